The van der Waals surface area contributed by atoms with Crippen molar-refractivity contribution in [1.82, 2.24) is 15.0 Å². The minimum Gasteiger partial charge on any atom is -0.378 e. The lowest BCUT2D eigenvalue weighted by molar-refractivity contribution is 0.602. The highest BCUT2D eigenvalue weighted by Crippen LogP contribution is 2.28. The fraction of sp³-hybridized carbons (Fsp3) is 0.333. The number of aromatic nitrogens is 3. The highest BCUT2D eigenvalue weighted by atomic mass is 32.1. The Morgan fingerprint density at radius 2 is 2.10 bits per heavy atom. The Kier molecular flexibility index (Phi) is 3.22. The lowest BCUT2D eigenvalue weighted by Crippen LogP contribution is -2.07. The van der Waals surface area contributed by atoms with Gasteiger partial charge in [0.05, 0.1) is 23.9 Å². The summed E-state index contributed by atoms with van der Waals surface area (Å²) in [4.78, 5) is 13.1. The summed E-state index contributed by atoms with van der Waals surface area (Å²) in [5, 5.41) is 4.52. The molecule has 0 aliphatic heterocycles. The molecule has 0 aliphatic rings. The summed E-state index contributed by atoms with van der Waals surface area (Å²) in [6.45, 7) is 7.39. The predicted molar refractivity (Wildman–Crippen MR) is 84.2 cm³/mol. The van der Waals surface area contributed by atoms with Crippen LogP contribution in [0.5, 0.6) is 0 Å². The fourth-order valence-electron chi connectivity index (χ4n) is 1.96. The maximum Gasteiger partial charge on any atom is 0.112 e. The zero-order valence-corrected chi connectivity index (χ0v) is 12.7. The van der Waals surface area contributed by atoms with Gasteiger partial charge in [-0.25, -0.2) is 9.97 Å². The normalized spacial score (nSPS) is 11.9. The number of nitrogens with one attached hydrogen (secondary N) is 2. The van der Waals surface area contributed by atoms with E-state index in [0.717, 1.165) is 28.3 Å². The topological polar surface area (TPSA) is 53.6 Å². The quantitative estimate of drug-likeness (QED) is 0.767. The van der Waals surface area contributed by atoms with E-state index in [-0.39, 0.29) is 5.41 Å². The molecule has 0 saturated carbocycles. The number of rotatable bonds is 3. The van der Waals surface area contributed by atoms with Crippen LogP contribution in [-0.4, -0.2) is 15.0 Å². The molecule has 4 nitrogen and oxygen atoms in total. The van der Waals surface area contributed by atoms with E-state index in [1.165, 1.54) is 4.88 Å². The number of anilines is 1. The number of H-pyrrole nitrogens is 1. The van der Waals surface area contributed by atoms with Gasteiger partial charge in [0.1, 0.15) is 5.01 Å². The Balaban J connectivity index is 1.71. The molecule has 2 aromatic heterocycles. The first-order valence-corrected chi connectivity index (χ1v) is 7.46. The monoisotopic (exact) mass is 286 g/mol. The van der Waals surface area contributed by atoms with Crippen LogP contribution in [0.2, 0.25) is 0 Å². The van der Waals surface area contributed by atoms with E-state index in [0.29, 0.717) is 0 Å². The molecule has 0 atom stereocenters. The molecule has 5 heteroatoms. The molecule has 0 spiro atoms. The minimum absolute atomic E-state index is 0.171. The second-order valence-corrected chi connectivity index (χ2v) is 6.97. The largest absolute Gasteiger partial charge is 0.378 e. The van der Waals surface area contributed by atoms with Crippen LogP contribution in [0.4, 0.5) is 5.69 Å². The van der Waals surface area contributed by atoms with Gasteiger partial charge in [-0.2, -0.15) is 0 Å². The summed E-state index contributed by atoms with van der Waals surface area (Å²) in [5.41, 5.74) is 3.28. The van der Waals surface area contributed by atoms with E-state index in [4.69, 9.17) is 0 Å². The van der Waals surface area contributed by atoms with Crippen LogP contribution in [0.25, 0.3) is 11.0 Å². The van der Waals surface area contributed by atoms with Gasteiger partial charge in [-0.05, 0) is 23.6 Å². The molecule has 0 bridgehead atoms. The summed E-state index contributed by atoms with van der Waals surface area (Å²) in [6.07, 6.45) is 3.70. The van der Waals surface area contributed by atoms with Crippen LogP contribution < -0.4 is 5.32 Å². The van der Waals surface area contributed by atoms with E-state index >= 15 is 0 Å². The highest BCUT2D eigenvalue weighted by molar-refractivity contribution is 7.11. The maximum absolute atomic E-state index is 4.49. The summed E-state index contributed by atoms with van der Waals surface area (Å²) < 4.78 is 0. The van der Waals surface area contributed by atoms with E-state index < -0.39 is 0 Å². The summed E-state index contributed by atoms with van der Waals surface area (Å²) in [5.74, 6) is 0. The maximum atomic E-state index is 4.49. The van der Waals surface area contributed by atoms with Crippen LogP contribution in [0, 0.1) is 0 Å². The zero-order chi connectivity index (χ0) is 14.2. The van der Waals surface area contributed by atoms with E-state index in [9.17, 15) is 0 Å². The number of nitrogens with zero attached hydrogens (tertiary/aromatic N) is 2. The number of thiazole rings is 1. The van der Waals surface area contributed by atoms with E-state index in [1.807, 2.05) is 18.3 Å². The van der Waals surface area contributed by atoms with Gasteiger partial charge in [-0.15, -0.1) is 11.3 Å². The van der Waals surface area contributed by atoms with Gasteiger partial charge < -0.3 is 10.3 Å². The van der Waals surface area contributed by atoms with Gasteiger partial charge >= 0.3 is 0 Å². The van der Waals surface area contributed by atoms with Crippen LogP contribution in [0.15, 0.2) is 30.7 Å². The average molecular weight is 286 g/mol. The van der Waals surface area contributed by atoms with E-state index in [2.05, 4.69) is 47.1 Å². The Bertz CT molecular complexity index is 721. The van der Waals surface area contributed by atoms with Crippen LogP contribution >= 0.6 is 11.3 Å². The fourth-order valence-corrected chi connectivity index (χ4v) is 2.88. The zero-order valence-electron chi connectivity index (χ0n) is 11.9. The molecule has 2 N–H and O–H groups in total. The van der Waals surface area contributed by atoms with Crippen LogP contribution in [0.1, 0.15) is 30.7 Å². The molecule has 20 heavy (non-hydrogen) atoms. The number of fused-ring (bicyclic) bond motifs is 1. The molecular weight excluding hydrogens is 268 g/mol. The Morgan fingerprint density at radius 1 is 1.25 bits per heavy atom. The predicted octanol–water partition coefficient (Wildman–Crippen LogP) is 3.93. The number of benzene rings is 1. The number of hydrogen-bond acceptors (Lipinski definition) is 4. The van der Waals surface area contributed by atoms with Crippen molar-refractivity contribution < 1.29 is 0 Å². The molecule has 3 rings (SSSR count). The summed E-state index contributed by atoms with van der Waals surface area (Å²) >= 11 is 1.77. The third-order valence-corrected chi connectivity index (χ3v) is 4.58. The van der Waals surface area contributed by atoms with Crippen molar-refractivity contribution in [2.24, 2.45) is 0 Å². The third kappa shape index (κ3) is 2.67. The van der Waals surface area contributed by atoms with Crippen LogP contribution in [-0.2, 0) is 12.0 Å². The smallest absolute Gasteiger partial charge is 0.112 e. The molecule has 1 aromatic carbocycles. The van der Waals surface area contributed by atoms with Crippen molar-refractivity contribution in [3.8, 4) is 0 Å². The van der Waals surface area contributed by atoms with Gasteiger partial charge in [0, 0.05) is 16.8 Å². The van der Waals surface area contributed by atoms with Crippen molar-refractivity contribution in [1.29, 1.82) is 0 Å². The van der Waals surface area contributed by atoms with Crippen molar-refractivity contribution in [2.45, 2.75) is 32.7 Å². The summed E-state index contributed by atoms with van der Waals surface area (Å²) in [6, 6.07) is 6.12. The van der Waals surface area contributed by atoms with Crippen LogP contribution in [0.3, 0.4) is 0 Å². The van der Waals surface area contributed by atoms with Gasteiger partial charge in [0.2, 0.25) is 0 Å². The molecule has 0 radical (unpaired) electrons. The molecule has 2 heterocycles. The summed E-state index contributed by atoms with van der Waals surface area (Å²) in [7, 11) is 0. The molecule has 0 fully saturated rings. The van der Waals surface area contributed by atoms with Crippen molar-refractivity contribution in [3.05, 3.63) is 40.6 Å². The molecule has 104 valence electrons. The Labute approximate surface area is 122 Å². The first kappa shape index (κ1) is 13.1. The number of aromatic amines is 1. The lowest BCUT2D eigenvalue weighted by atomic mass is 9.96. The molecule has 0 aliphatic carbocycles. The lowest BCUT2D eigenvalue weighted by Gasteiger charge is -2.14. The highest BCUT2D eigenvalue weighted by Gasteiger charge is 2.16. The second-order valence-electron chi connectivity index (χ2n) is 5.86. The first-order chi connectivity index (χ1) is 9.52. The minimum atomic E-state index is 0.171. The molecule has 0 unspecified atom stereocenters. The Hall–Kier alpha value is -1.88. The van der Waals surface area contributed by atoms with E-state index in [1.54, 1.807) is 17.7 Å². The number of hydrogen-bond donors (Lipinski definition) is 2. The van der Waals surface area contributed by atoms with Crippen molar-refractivity contribution in [2.75, 3.05) is 5.32 Å². The molecular formula is C15H18N4S. The standard InChI is InChI=1S/C15H18N4S/c1-15(2,3)13-7-17-14(20-13)8-16-10-4-5-11-12(6-10)19-9-18-11/h4-7,9,16H,8H2,1-3H3,(H,18,19). The van der Waals surface area contributed by atoms with Crippen molar-refractivity contribution >= 4 is 28.1 Å². The molecule has 3 aromatic rings. The van der Waals surface area contributed by atoms with Gasteiger partial charge in [-0.3, -0.25) is 0 Å². The number of imidazole rings is 1. The average Bonchev–Trinajstić information content (AvgIpc) is 3.04. The third-order valence-electron chi connectivity index (χ3n) is 3.16. The SMILES string of the molecule is CC(C)(C)c1cnc(CNc2ccc3nc[nH]c3c2)s1. The molecule has 0 amide bonds. The van der Waals surface area contributed by atoms with Gasteiger partial charge in [0.25, 0.3) is 0 Å². The first-order valence-electron chi connectivity index (χ1n) is 6.64. The van der Waals surface area contributed by atoms with Gasteiger partial charge in [-0.1, -0.05) is 20.8 Å². The molecule has 0 saturated heterocycles. The van der Waals surface area contributed by atoms with Gasteiger partial charge in [0.15, 0.2) is 0 Å². The second kappa shape index (κ2) is 4.90. The van der Waals surface area contributed by atoms with Crippen molar-refractivity contribution in [3.63, 3.8) is 0 Å². The Morgan fingerprint density at radius 3 is 2.85 bits per heavy atom.